The molecule has 8 heteroatoms. The normalized spacial score (nSPS) is 18.6. The van der Waals surface area contributed by atoms with Gasteiger partial charge in [0, 0.05) is 17.3 Å². The number of hydrogen-bond donors (Lipinski definition) is 3. The number of phenols is 1. The minimum Gasteiger partial charge on any atom is -0.508 e. The van der Waals surface area contributed by atoms with Gasteiger partial charge in [0.1, 0.15) is 23.4 Å². The second-order valence-electron chi connectivity index (χ2n) is 12.0. The Morgan fingerprint density at radius 1 is 1.02 bits per heavy atom. The van der Waals surface area contributed by atoms with Crippen molar-refractivity contribution in [3.63, 3.8) is 0 Å². The van der Waals surface area contributed by atoms with Crippen molar-refractivity contribution < 1.29 is 24.2 Å². The van der Waals surface area contributed by atoms with E-state index in [0.29, 0.717) is 24.1 Å². The maximum atomic E-state index is 14.4. The molecule has 3 aromatic rings. The van der Waals surface area contributed by atoms with Gasteiger partial charge in [-0.3, -0.25) is 9.59 Å². The number of ether oxygens (including phenoxy) is 1. The second kappa shape index (κ2) is 12.2. The molecule has 4 rings (SSSR count). The number of anilines is 1. The molecule has 1 aliphatic carbocycles. The van der Waals surface area contributed by atoms with E-state index in [1.807, 2.05) is 63.2 Å². The van der Waals surface area contributed by atoms with Gasteiger partial charge in [0.25, 0.3) is 5.91 Å². The van der Waals surface area contributed by atoms with Gasteiger partial charge in [-0.25, -0.2) is 4.79 Å². The van der Waals surface area contributed by atoms with Crippen LogP contribution in [0.4, 0.5) is 10.5 Å². The minimum atomic E-state index is -1.13. The van der Waals surface area contributed by atoms with Crippen molar-refractivity contribution in [1.29, 1.82) is 0 Å². The van der Waals surface area contributed by atoms with Gasteiger partial charge in [-0.2, -0.15) is 0 Å². The van der Waals surface area contributed by atoms with Crippen LogP contribution in [0.15, 0.2) is 66.7 Å². The average Bonchev–Trinajstić information content (AvgIpc) is 3.64. The predicted molar refractivity (Wildman–Crippen MR) is 160 cm³/mol. The molecule has 0 aliphatic heterocycles. The Bertz CT molecular complexity index is 1420. The van der Waals surface area contributed by atoms with E-state index in [-0.39, 0.29) is 29.5 Å². The van der Waals surface area contributed by atoms with Crippen LogP contribution in [0.1, 0.15) is 66.0 Å². The molecule has 41 heavy (non-hydrogen) atoms. The summed E-state index contributed by atoms with van der Waals surface area (Å²) in [6.07, 6.45) is 0.628. The Hall–Kier alpha value is -4.07. The van der Waals surface area contributed by atoms with Crippen molar-refractivity contribution in [2.45, 2.75) is 78.1 Å². The fourth-order valence-electron chi connectivity index (χ4n) is 5.06. The first-order chi connectivity index (χ1) is 19.4. The Kier molecular flexibility index (Phi) is 8.90. The molecule has 5 unspecified atom stereocenters. The van der Waals surface area contributed by atoms with E-state index < -0.39 is 29.7 Å². The molecule has 5 atom stereocenters. The summed E-state index contributed by atoms with van der Waals surface area (Å²) in [4.78, 5) is 42.9. The van der Waals surface area contributed by atoms with E-state index in [4.69, 9.17) is 4.74 Å². The van der Waals surface area contributed by atoms with Gasteiger partial charge in [-0.15, -0.1) is 0 Å². The molecule has 3 N–H and O–H groups in total. The third kappa shape index (κ3) is 7.17. The maximum absolute atomic E-state index is 14.4. The zero-order valence-corrected chi connectivity index (χ0v) is 24.7. The summed E-state index contributed by atoms with van der Waals surface area (Å²) in [5.74, 6) is -1.01. The number of para-hydroxylation sites is 1. The Balaban J connectivity index is 1.74. The number of hydrogen-bond acceptors (Lipinski definition) is 5. The summed E-state index contributed by atoms with van der Waals surface area (Å²) in [5, 5.41) is 18.7. The molecular formula is C33H41N3O5. The Labute approximate surface area is 242 Å². The second-order valence-corrected chi connectivity index (χ2v) is 12.0. The number of alkyl carbamates (subject to hydrolysis) is 1. The van der Waals surface area contributed by atoms with Crippen LogP contribution in [0.3, 0.4) is 0 Å². The SMILES string of the molecule is CCC(C)C(NC(=O)OC(C)(C)C)C(=O)N(C(C(=O)Nc1ccc2ccccc2c1)c1ccccc1O)C1CC1C. The van der Waals surface area contributed by atoms with E-state index >= 15 is 0 Å². The lowest BCUT2D eigenvalue weighted by molar-refractivity contribution is -0.142. The molecule has 0 spiro atoms. The molecule has 1 fully saturated rings. The molecule has 0 radical (unpaired) electrons. The number of nitrogens with one attached hydrogen (secondary N) is 2. The number of fused-ring (bicyclic) bond motifs is 1. The number of aromatic hydroxyl groups is 1. The van der Waals surface area contributed by atoms with Crippen LogP contribution in [0.25, 0.3) is 10.8 Å². The summed E-state index contributed by atoms with van der Waals surface area (Å²) >= 11 is 0. The van der Waals surface area contributed by atoms with Crippen molar-refractivity contribution in [2.24, 2.45) is 11.8 Å². The third-order valence-corrected chi connectivity index (χ3v) is 7.60. The average molecular weight is 560 g/mol. The number of rotatable bonds is 9. The van der Waals surface area contributed by atoms with Crippen LogP contribution in [-0.4, -0.2) is 45.6 Å². The fourth-order valence-corrected chi connectivity index (χ4v) is 5.06. The summed E-state index contributed by atoms with van der Waals surface area (Å²) in [6, 6.07) is 17.8. The zero-order valence-electron chi connectivity index (χ0n) is 24.7. The summed E-state index contributed by atoms with van der Waals surface area (Å²) in [7, 11) is 0. The highest BCUT2D eigenvalue weighted by atomic mass is 16.6. The lowest BCUT2D eigenvalue weighted by atomic mass is 9.95. The van der Waals surface area contributed by atoms with Gasteiger partial charge in [-0.05, 0) is 68.0 Å². The lowest BCUT2D eigenvalue weighted by Crippen LogP contribution is -2.55. The van der Waals surface area contributed by atoms with Crippen molar-refractivity contribution >= 4 is 34.4 Å². The molecule has 0 aromatic heterocycles. The summed E-state index contributed by atoms with van der Waals surface area (Å²) in [6.45, 7) is 11.1. The lowest BCUT2D eigenvalue weighted by Gasteiger charge is -2.36. The first-order valence-electron chi connectivity index (χ1n) is 14.3. The smallest absolute Gasteiger partial charge is 0.408 e. The van der Waals surface area contributed by atoms with Crippen molar-refractivity contribution in [2.75, 3.05) is 5.32 Å². The summed E-state index contributed by atoms with van der Waals surface area (Å²) < 4.78 is 5.48. The highest BCUT2D eigenvalue weighted by Gasteiger charge is 2.49. The first-order valence-corrected chi connectivity index (χ1v) is 14.3. The van der Waals surface area contributed by atoms with Crippen LogP contribution in [0.2, 0.25) is 0 Å². The van der Waals surface area contributed by atoms with Crippen molar-refractivity contribution in [1.82, 2.24) is 10.2 Å². The summed E-state index contributed by atoms with van der Waals surface area (Å²) in [5.41, 5.74) is 0.157. The van der Waals surface area contributed by atoms with E-state index in [0.717, 1.165) is 10.8 Å². The number of carbonyl (C=O) groups is 3. The molecule has 1 saturated carbocycles. The van der Waals surface area contributed by atoms with Crippen molar-refractivity contribution in [3.05, 3.63) is 72.3 Å². The minimum absolute atomic E-state index is 0.0857. The Morgan fingerprint density at radius 2 is 1.66 bits per heavy atom. The van der Waals surface area contributed by atoms with E-state index in [9.17, 15) is 19.5 Å². The maximum Gasteiger partial charge on any atom is 0.408 e. The van der Waals surface area contributed by atoms with Gasteiger partial charge in [-0.1, -0.05) is 75.7 Å². The quantitative estimate of drug-likeness (QED) is 0.281. The first kappa shape index (κ1) is 29.9. The van der Waals surface area contributed by atoms with E-state index in [2.05, 4.69) is 10.6 Å². The number of carbonyl (C=O) groups excluding carboxylic acids is 3. The number of amides is 3. The van der Waals surface area contributed by atoms with Crippen LogP contribution < -0.4 is 10.6 Å². The highest BCUT2D eigenvalue weighted by Crippen LogP contribution is 2.43. The molecule has 218 valence electrons. The number of phenolic OH excluding ortho intramolecular Hbond substituents is 1. The van der Waals surface area contributed by atoms with Gasteiger partial charge in [0.2, 0.25) is 5.91 Å². The van der Waals surface area contributed by atoms with Gasteiger partial charge >= 0.3 is 6.09 Å². The van der Waals surface area contributed by atoms with Crippen LogP contribution >= 0.6 is 0 Å². The molecule has 0 saturated heterocycles. The largest absolute Gasteiger partial charge is 0.508 e. The van der Waals surface area contributed by atoms with Crippen molar-refractivity contribution in [3.8, 4) is 5.75 Å². The zero-order chi connectivity index (χ0) is 29.9. The fraction of sp³-hybridized carbons (Fsp3) is 0.424. The number of benzene rings is 3. The van der Waals surface area contributed by atoms with Gasteiger partial charge in [0.05, 0.1) is 0 Å². The molecule has 3 aromatic carbocycles. The molecular weight excluding hydrogens is 518 g/mol. The van der Waals surface area contributed by atoms with Gasteiger partial charge in [0.15, 0.2) is 0 Å². The molecule has 8 nitrogen and oxygen atoms in total. The molecule has 1 aliphatic rings. The van der Waals surface area contributed by atoms with E-state index in [1.54, 1.807) is 43.9 Å². The predicted octanol–water partition coefficient (Wildman–Crippen LogP) is 6.40. The number of nitrogens with zero attached hydrogens (tertiary/aromatic N) is 1. The standard InChI is InChI=1S/C33H41N3O5/c1-7-20(2)28(35-32(40)41-33(4,5)6)31(39)36(26-18-21(26)3)29(25-14-10-11-15-27(25)37)30(38)34-24-17-16-22-12-8-9-13-23(22)19-24/h8-17,19-21,26,28-29,37H,7,18H2,1-6H3,(H,34,38)(H,35,40). The third-order valence-electron chi connectivity index (χ3n) is 7.60. The van der Waals surface area contributed by atoms with Gasteiger partial charge < -0.3 is 25.4 Å². The topological polar surface area (TPSA) is 108 Å². The van der Waals surface area contributed by atoms with Crippen LogP contribution in [0.5, 0.6) is 5.75 Å². The monoisotopic (exact) mass is 559 g/mol. The van der Waals surface area contributed by atoms with Crippen LogP contribution in [-0.2, 0) is 14.3 Å². The Morgan fingerprint density at radius 3 is 2.27 bits per heavy atom. The van der Waals surface area contributed by atoms with Crippen LogP contribution in [0, 0.1) is 11.8 Å². The highest BCUT2D eigenvalue weighted by molar-refractivity contribution is 6.01. The molecule has 3 amide bonds. The molecule has 0 bridgehead atoms. The molecule has 0 heterocycles. The van der Waals surface area contributed by atoms with E-state index in [1.165, 1.54) is 6.07 Å².